The van der Waals surface area contributed by atoms with Gasteiger partial charge >= 0.3 is 0 Å². The highest BCUT2D eigenvalue weighted by atomic mass is 16.5. The Hall–Kier alpha value is -1.02. The fourth-order valence-corrected chi connectivity index (χ4v) is 2.52. The van der Waals surface area contributed by atoms with Gasteiger partial charge in [0.2, 0.25) is 0 Å². The zero-order chi connectivity index (χ0) is 15.3. The van der Waals surface area contributed by atoms with E-state index in [1.54, 1.807) is 0 Å². The smallest absolute Gasteiger partial charge is 0.119 e. The zero-order valence-corrected chi connectivity index (χ0v) is 14.1. The van der Waals surface area contributed by atoms with E-state index >= 15 is 0 Å². The lowest BCUT2D eigenvalue weighted by Crippen LogP contribution is -2.24. The molecule has 2 rings (SSSR count). The predicted molar refractivity (Wildman–Crippen MR) is 89.9 cm³/mol. The molecule has 0 aromatic heterocycles. The minimum Gasteiger partial charge on any atom is -0.491 e. The van der Waals surface area contributed by atoms with Gasteiger partial charge in [0.1, 0.15) is 5.75 Å². The number of benzene rings is 1. The molecule has 118 valence electrons. The summed E-state index contributed by atoms with van der Waals surface area (Å²) in [6.45, 7) is 10.1. The van der Waals surface area contributed by atoms with E-state index in [1.165, 1.54) is 37.8 Å². The maximum absolute atomic E-state index is 5.69. The first-order valence-electron chi connectivity index (χ1n) is 8.44. The second-order valence-electron chi connectivity index (χ2n) is 7.45. The Morgan fingerprint density at radius 3 is 2.38 bits per heavy atom. The molecule has 2 nitrogen and oxygen atoms in total. The quantitative estimate of drug-likeness (QED) is 0.718. The molecule has 0 aliphatic heterocycles. The molecule has 0 heterocycles. The molecule has 1 aromatic rings. The molecular formula is C19H31NO. The summed E-state index contributed by atoms with van der Waals surface area (Å²) in [5.41, 5.74) is 1.82. The van der Waals surface area contributed by atoms with Gasteiger partial charge in [-0.1, -0.05) is 26.0 Å². The van der Waals surface area contributed by atoms with Crippen LogP contribution in [0.5, 0.6) is 5.75 Å². The van der Waals surface area contributed by atoms with Crippen molar-refractivity contribution in [3.63, 3.8) is 0 Å². The second kappa shape index (κ2) is 7.31. The lowest BCUT2D eigenvalue weighted by Gasteiger charge is -2.25. The van der Waals surface area contributed by atoms with Gasteiger partial charge in [0.25, 0.3) is 0 Å². The maximum atomic E-state index is 5.69. The number of ether oxygens (including phenoxy) is 1. The molecule has 1 N–H and O–H groups in total. The van der Waals surface area contributed by atoms with Crippen LogP contribution in [0, 0.1) is 5.41 Å². The van der Waals surface area contributed by atoms with Gasteiger partial charge in [0, 0.05) is 6.04 Å². The van der Waals surface area contributed by atoms with Crippen molar-refractivity contribution in [1.29, 1.82) is 0 Å². The van der Waals surface area contributed by atoms with Crippen molar-refractivity contribution in [3.05, 3.63) is 29.8 Å². The molecule has 21 heavy (non-hydrogen) atoms. The molecular weight excluding hydrogens is 258 g/mol. The predicted octanol–water partition coefficient (Wildman–Crippen LogP) is 4.57. The first-order chi connectivity index (χ1) is 9.94. The van der Waals surface area contributed by atoms with Crippen LogP contribution in [0.25, 0.3) is 0 Å². The van der Waals surface area contributed by atoms with Crippen LogP contribution in [0.3, 0.4) is 0 Å². The van der Waals surface area contributed by atoms with Crippen LogP contribution in [-0.4, -0.2) is 18.7 Å². The highest BCUT2D eigenvalue weighted by Crippen LogP contribution is 2.28. The van der Waals surface area contributed by atoms with Crippen LogP contribution in [0.2, 0.25) is 0 Å². The van der Waals surface area contributed by atoms with Gasteiger partial charge < -0.3 is 10.1 Å². The summed E-state index contributed by atoms with van der Waals surface area (Å²) >= 11 is 0. The van der Waals surface area contributed by atoms with Crippen molar-refractivity contribution in [1.82, 2.24) is 5.32 Å². The Labute approximate surface area is 130 Å². The summed E-state index contributed by atoms with van der Waals surface area (Å²) in [6, 6.07) is 9.43. The van der Waals surface area contributed by atoms with Crippen LogP contribution in [0.15, 0.2) is 24.3 Å². The standard InChI is InChI=1S/C19H31NO/c1-15(2)21-18-9-5-16(6-10-18)11-12-19(3,4)13-14-20-17-7-8-17/h5-6,9-10,15,17,20H,7-8,11-14H2,1-4H3. The van der Waals surface area contributed by atoms with Gasteiger partial charge in [0.05, 0.1) is 6.10 Å². The summed E-state index contributed by atoms with van der Waals surface area (Å²) in [4.78, 5) is 0. The van der Waals surface area contributed by atoms with Gasteiger partial charge in [-0.2, -0.15) is 0 Å². The van der Waals surface area contributed by atoms with Gasteiger partial charge in [-0.3, -0.25) is 0 Å². The van der Waals surface area contributed by atoms with E-state index < -0.39 is 0 Å². The van der Waals surface area contributed by atoms with E-state index in [0.717, 1.165) is 18.2 Å². The molecule has 1 aliphatic carbocycles. The Balaban J connectivity index is 1.72. The van der Waals surface area contributed by atoms with Crippen molar-refractivity contribution >= 4 is 0 Å². The first kappa shape index (κ1) is 16.4. The average molecular weight is 289 g/mol. The first-order valence-corrected chi connectivity index (χ1v) is 8.44. The van der Waals surface area contributed by atoms with E-state index in [9.17, 15) is 0 Å². The summed E-state index contributed by atoms with van der Waals surface area (Å²) < 4.78 is 5.69. The summed E-state index contributed by atoms with van der Waals surface area (Å²) in [5, 5.41) is 3.62. The van der Waals surface area contributed by atoms with Crippen molar-refractivity contribution in [2.45, 2.75) is 71.9 Å². The molecule has 1 aromatic carbocycles. The summed E-state index contributed by atoms with van der Waals surface area (Å²) in [7, 11) is 0. The van der Waals surface area contributed by atoms with Crippen LogP contribution < -0.4 is 10.1 Å². The topological polar surface area (TPSA) is 21.3 Å². The average Bonchev–Trinajstić information content (AvgIpc) is 3.21. The van der Waals surface area contributed by atoms with E-state index in [1.807, 2.05) is 0 Å². The minimum absolute atomic E-state index is 0.244. The Bertz CT molecular complexity index is 418. The lowest BCUT2D eigenvalue weighted by molar-refractivity contribution is 0.242. The molecule has 0 bridgehead atoms. The Morgan fingerprint density at radius 2 is 1.81 bits per heavy atom. The summed E-state index contributed by atoms with van der Waals surface area (Å²) in [5.74, 6) is 0.974. The Morgan fingerprint density at radius 1 is 1.14 bits per heavy atom. The summed E-state index contributed by atoms with van der Waals surface area (Å²) in [6.07, 6.45) is 6.66. The SMILES string of the molecule is CC(C)Oc1ccc(CCC(C)(C)CCNC2CC2)cc1. The molecule has 1 saturated carbocycles. The molecule has 0 radical (unpaired) electrons. The number of rotatable bonds is 9. The lowest BCUT2D eigenvalue weighted by atomic mass is 9.83. The Kier molecular flexibility index (Phi) is 5.69. The number of aryl methyl sites for hydroxylation is 1. The largest absolute Gasteiger partial charge is 0.491 e. The zero-order valence-electron chi connectivity index (χ0n) is 14.1. The van der Waals surface area contributed by atoms with Crippen LogP contribution in [0.1, 0.15) is 58.9 Å². The van der Waals surface area contributed by atoms with Crippen LogP contribution in [0.4, 0.5) is 0 Å². The number of hydrogen-bond acceptors (Lipinski definition) is 2. The molecule has 0 atom stereocenters. The molecule has 0 unspecified atom stereocenters. The molecule has 0 amide bonds. The van der Waals surface area contributed by atoms with Gasteiger partial charge in [-0.25, -0.2) is 0 Å². The van der Waals surface area contributed by atoms with Crippen LogP contribution in [-0.2, 0) is 6.42 Å². The normalized spacial score (nSPS) is 15.5. The van der Waals surface area contributed by atoms with E-state index in [0.29, 0.717) is 5.41 Å². The highest BCUT2D eigenvalue weighted by molar-refractivity contribution is 5.27. The van der Waals surface area contributed by atoms with Gasteiger partial charge in [-0.15, -0.1) is 0 Å². The van der Waals surface area contributed by atoms with Gasteiger partial charge in [0.15, 0.2) is 0 Å². The van der Waals surface area contributed by atoms with Crippen LogP contribution >= 0.6 is 0 Å². The second-order valence-corrected chi connectivity index (χ2v) is 7.45. The van der Waals surface area contributed by atoms with E-state index in [4.69, 9.17) is 4.74 Å². The molecule has 1 fully saturated rings. The van der Waals surface area contributed by atoms with E-state index in [2.05, 4.69) is 57.3 Å². The fourth-order valence-electron chi connectivity index (χ4n) is 2.52. The van der Waals surface area contributed by atoms with Crippen molar-refractivity contribution < 1.29 is 4.74 Å². The third-order valence-corrected chi connectivity index (χ3v) is 4.20. The maximum Gasteiger partial charge on any atom is 0.119 e. The molecule has 2 heteroatoms. The van der Waals surface area contributed by atoms with Gasteiger partial charge in [-0.05, 0) is 75.6 Å². The molecule has 1 aliphatic rings. The van der Waals surface area contributed by atoms with Crippen molar-refractivity contribution in [3.8, 4) is 5.75 Å². The molecule has 0 spiro atoms. The number of hydrogen-bond donors (Lipinski definition) is 1. The third-order valence-electron chi connectivity index (χ3n) is 4.20. The third kappa shape index (κ3) is 6.52. The van der Waals surface area contributed by atoms with E-state index in [-0.39, 0.29) is 6.10 Å². The monoisotopic (exact) mass is 289 g/mol. The van der Waals surface area contributed by atoms with Crippen molar-refractivity contribution in [2.75, 3.05) is 6.54 Å². The highest BCUT2D eigenvalue weighted by Gasteiger charge is 2.22. The minimum atomic E-state index is 0.244. The number of nitrogens with one attached hydrogen (secondary N) is 1. The molecule has 0 saturated heterocycles. The fraction of sp³-hybridized carbons (Fsp3) is 0.684. The van der Waals surface area contributed by atoms with Crippen molar-refractivity contribution in [2.24, 2.45) is 5.41 Å².